The molecule has 0 radical (unpaired) electrons. The number of fused-ring (bicyclic) bond motifs is 1. The second-order valence-electron chi connectivity index (χ2n) is 9.00. The van der Waals surface area contributed by atoms with Gasteiger partial charge in [-0.15, -0.1) is 0 Å². The van der Waals surface area contributed by atoms with E-state index in [1.807, 2.05) is 32.0 Å². The summed E-state index contributed by atoms with van der Waals surface area (Å²) in [5, 5.41) is 2.99. The van der Waals surface area contributed by atoms with Crippen molar-refractivity contribution in [3.05, 3.63) is 53.1 Å². The van der Waals surface area contributed by atoms with Gasteiger partial charge in [-0.1, -0.05) is 12.1 Å². The monoisotopic (exact) mass is 469 g/mol. The maximum absolute atomic E-state index is 13.4. The summed E-state index contributed by atoms with van der Waals surface area (Å²) in [4.78, 5) is 26.8. The van der Waals surface area contributed by atoms with Crippen LogP contribution in [-0.4, -0.2) is 44.2 Å². The fraction of sp³-hybridized carbons (Fsp3) is 0.440. The van der Waals surface area contributed by atoms with Crippen LogP contribution in [0.4, 0.5) is 11.4 Å². The maximum Gasteiger partial charge on any atom is 0.243 e. The van der Waals surface area contributed by atoms with E-state index < -0.39 is 15.9 Å². The minimum Gasteiger partial charge on any atom is -0.326 e. The predicted octanol–water partition coefficient (Wildman–Crippen LogP) is 3.64. The third kappa shape index (κ3) is 4.68. The van der Waals surface area contributed by atoms with E-state index in [2.05, 4.69) is 5.32 Å². The molecule has 0 bridgehead atoms. The number of nitrogens with one attached hydrogen (secondary N) is 1. The number of nitrogens with zero attached hydrogens (tertiary/aromatic N) is 2. The molecule has 33 heavy (non-hydrogen) atoms. The van der Waals surface area contributed by atoms with Crippen molar-refractivity contribution in [2.24, 2.45) is 5.92 Å². The lowest BCUT2D eigenvalue weighted by molar-refractivity contribution is -0.121. The van der Waals surface area contributed by atoms with Gasteiger partial charge < -0.3 is 10.2 Å². The third-order valence-corrected chi connectivity index (χ3v) is 8.67. The Balaban J connectivity index is 1.52. The molecule has 176 valence electrons. The van der Waals surface area contributed by atoms with Gasteiger partial charge in [-0.25, -0.2) is 8.42 Å². The first-order chi connectivity index (χ1) is 15.7. The van der Waals surface area contributed by atoms with Crippen LogP contribution < -0.4 is 10.2 Å². The lowest BCUT2D eigenvalue weighted by atomic mass is 9.98. The average molecular weight is 470 g/mol. The number of benzene rings is 2. The van der Waals surface area contributed by atoms with Gasteiger partial charge in [0.1, 0.15) is 0 Å². The van der Waals surface area contributed by atoms with Gasteiger partial charge in [0.25, 0.3) is 0 Å². The molecule has 2 aliphatic rings. The minimum atomic E-state index is -3.74. The fourth-order valence-corrected chi connectivity index (χ4v) is 6.28. The van der Waals surface area contributed by atoms with Crippen molar-refractivity contribution < 1.29 is 18.0 Å². The summed E-state index contributed by atoms with van der Waals surface area (Å²) < 4.78 is 28.3. The zero-order valence-corrected chi connectivity index (χ0v) is 20.2. The molecular formula is C25H31N3O4S. The number of piperidine rings is 1. The van der Waals surface area contributed by atoms with E-state index in [-0.39, 0.29) is 23.3 Å². The summed E-state index contributed by atoms with van der Waals surface area (Å²) in [7, 11) is -3.74. The van der Waals surface area contributed by atoms with Gasteiger partial charge in [0.2, 0.25) is 21.8 Å². The number of hydrogen-bond acceptors (Lipinski definition) is 4. The number of aryl methyl sites for hydroxylation is 2. The van der Waals surface area contributed by atoms with E-state index in [0.717, 1.165) is 40.9 Å². The third-order valence-electron chi connectivity index (χ3n) is 6.80. The quantitative estimate of drug-likeness (QED) is 0.741. The van der Waals surface area contributed by atoms with E-state index in [0.29, 0.717) is 25.9 Å². The molecule has 2 aromatic rings. The van der Waals surface area contributed by atoms with Crippen molar-refractivity contribution in [2.75, 3.05) is 29.9 Å². The summed E-state index contributed by atoms with van der Waals surface area (Å²) in [5.74, 6) is -0.592. The second kappa shape index (κ2) is 9.27. The van der Waals surface area contributed by atoms with E-state index in [9.17, 15) is 18.0 Å². The Morgan fingerprint density at radius 1 is 1.06 bits per heavy atom. The number of rotatable bonds is 4. The standard InChI is InChI=1S/C25H31N3O4S/c1-17-7-4-10-23(18(17)2)26-25(30)21-9-5-13-27(16-21)33(31,32)22-11-12-24-20(15-22)8-6-14-28(24)19(3)29/h4,7,10-12,15,21H,5-6,8-9,13-14,16H2,1-3H3,(H,26,30)/t21-/m0/s1. The molecule has 2 aliphatic heterocycles. The summed E-state index contributed by atoms with van der Waals surface area (Å²) in [6.07, 6.45) is 2.83. The van der Waals surface area contributed by atoms with Crippen LogP contribution in [0.2, 0.25) is 0 Å². The van der Waals surface area contributed by atoms with Gasteiger partial charge in [-0.05, 0) is 80.5 Å². The minimum absolute atomic E-state index is 0.0414. The van der Waals surface area contributed by atoms with E-state index in [1.165, 1.54) is 11.2 Å². The molecule has 8 heteroatoms. The van der Waals surface area contributed by atoms with Crippen molar-refractivity contribution in [1.82, 2.24) is 4.31 Å². The summed E-state index contributed by atoms with van der Waals surface area (Å²) in [6.45, 7) is 6.69. The number of amides is 2. The molecule has 1 fully saturated rings. The van der Waals surface area contributed by atoms with Crippen LogP contribution in [0.15, 0.2) is 41.3 Å². The van der Waals surface area contributed by atoms with Gasteiger partial charge >= 0.3 is 0 Å². The number of carbonyl (C=O) groups excluding carboxylic acids is 2. The molecule has 1 atom stereocenters. The largest absolute Gasteiger partial charge is 0.326 e. The summed E-state index contributed by atoms with van der Waals surface area (Å²) in [6, 6.07) is 10.8. The first kappa shape index (κ1) is 23.4. The zero-order valence-electron chi connectivity index (χ0n) is 19.4. The Bertz CT molecular complexity index is 1190. The highest BCUT2D eigenvalue weighted by atomic mass is 32.2. The average Bonchev–Trinajstić information content (AvgIpc) is 2.81. The van der Waals surface area contributed by atoms with Crippen LogP contribution >= 0.6 is 0 Å². The topological polar surface area (TPSA) is 86.8 Å². The maximum atomic E-state index is 13.4. The Morgan fingerprint density at radius 2 is 1.85 bits per heavy atom. The molecule has 0 aromatic heterocycles. The lowest BCUT2D eigenvalue weighted by Crippen LogP contribution is -2.43. The first-order valence-corrected chi connectivity index (χ1v) is 12.9. The van der Waals surface area contributed by atoms with Gasteiger partial charge in [-0.3, -0.25) is 9.59 Å². The van der Waals surface area contributed by atoms with Crippen molar-refractivity contribution in [3.63, 3.8) is 0 Å². The fourth-order valence-electron chi connectivity index (χ4n) is 4.71. The van der Waals surface area contributed by atoms with Crippen LogP contribution in [0.1, 0.15) is 42.9 Å². The molecule has 2 aromatic carbocycles. The number of anilines is 2. The Morgan fingerprint density at radius 3 is 2.61 bits per heavy atom. The number of sulfonamides is 1. The summed E-state index contributed by atoms with van der Waals surface area (Å²) >= 11 is 0. The number of carbonyl (C=O) groups is 2. The van der Waals surface area contributed by atoms with Crippen molar-refractivity contribution >= 4 is 33.2 Å². The van der Waals surface area contributed by atoms with Gasteiger partial charge in [0.15, 0.2) is 0 Å². The van der Waals surface area contributed by atoms with Gasteiger partial charge in [0.05, 0.1) is 10.8 Å². The molecule has 0 aliphatic carbocycles. The molecule has 1 N–H and O–H groups in total. The molecule has 0 spiro atoms. The highest BCUT2D eigenvalue weighted by molar-refractivity contribution is 7.89. The molecule has 7 nitrogen and oxygen atoms in total. The smallest absolute Gasteiger partial charge is 0.243 e. The zero-order chi connectivity index (χ0) is 23.8. The Labute approximate surface area is 195 Å². The first-order valence-electron chi connectivity index (χ1n) is 11.5. The normalized spacial score (nSPS) is 19.1. The molecule has 1 saturated heterocycles. The van der Waals surface area contributed by atoms with Crippen LogP contribution in [0.25, 0.3) is 0 Å². The summed E-state index contributed by atoms with van der Waals surface area (Å²) in [5.41, 5.74) is 4.54. The van der Waals surface area contributed by atoms with Crippen LogP contribution in [0.5, 0.6) is 0 Å². The predicted molar refractivity (Wildman–Crippen MR) is 129 cm³/mol. The van der Waals surface area contributed by atoms with Crippen LogP contribution in [0.3, 0.4) is 0 Å². The SMILES string of the molecule is CC(=O)N1CCCc2cc(S(=O)(=O)N3CCC[C@H](C(=O)Nc4cccc(C)c4C)C3)ccc21. The van der Waals surface area contributed by atoms with Crippen molar-refractivity contribution in [2.45, 2.75) is 51.3 Å². The van der Waals surface area contributed by atoms with E-state index >= 15 is 0 Å². The highest BCUT2D eigenvalue weighted by Crippen LogP contribution is 2.32. The van der Waals surface area contributed by atoms with Crippen molar-refractivity contribution in [3.8, 4) is 0 Å². The van der Waals surface area contributed by atoms with Crippen molar-refractivity contribution in [1.29, 1.82) is 0 Å². The Hall–Kier alpha value is -2.71. The molecule has 2 heterocycles. The van der Waals surface area contributed by atoms with Gasteiger partial charge in [0, 0.05) is 37.9 Å². The highest BCUT2D eigenvalue weighted by Gasteiger charge is 2.34. The lowest BCUT2D eigenvalue weighted by Gasteiger charge is -2.32. The molecule has 4 rings (SSSR count). The Kier molecular flexibility index (Phi) is 6.59. The van der Waals surface area contributed by atoms with Crippen LogP contribution in [-0.2, 0) is 26.0 Å². The molecule has 0 saturated carbocycles. The number of hydrogen-bond donors (Lipinski definition) is 1. The van der Waals surface area contributed by atoms with Crippen LogP contribution in [0, 0.1) is 19.8 Å². The molecule has 2 amide bonds. The molecule has 0 unspecified atom stereocenters. The van der Waals surface area contributed by atoms with E-state index in [1.54, 1.807) is 23.1 Å². The molecular weight excluding hydrogens is 438 g/mol. The van der Waals surface area contributed by atoms with E-state index in [4.69, 9.17) is 0 Å². The van der Waals surface area contributed by atoms with Gasteiger partial charge in [-0.2, -0.15) is 4.31 Å². The second-order valence-corrected chi connectivity index (χ2v) is 10.9.